The first-order chi connectivity index (χ1) is 21.3. The number of furan rings is 1. The number of fused-ring (bicyclic) bond motifs is 1. The largest absolute Gasteiger partial charge is 0.489 e. The first kappa shape index (κ1) is 30.0. The number of hydrogen-bond donors (Lipinski definition) is 1. The number of ether oxygens (including phenoxy) is 2. The van der Waals surface area contributed by atoms with Crippen LogP contribution in [0.4, 0.5) is 8.78 Å². The molecule has 0 atom stereocenters. The van der Waals surface area contributed by atoms with Crippen molar-refractivity contribution in [3.05, 3.63) is 126 Å². The normalized spacial score (nSPS) is 10.9. The summed E-state index contributed by atoms with van der Waals surface area (Å²) in [6.07, 6.45) is 1.19. The molecule has 0 saturated heterocycles. The van der Waals surface area contributed by atoms with Crippen LogP contribution >= 0.6 is 0 Å². The lowest BCUT2D eigenvalue weighted by Crippen LogP contribution is -2.38. The summed E-state index contributed by atoms with van der Waals surface area (Å²) in [5, 5.41) is 0.0621. The summed E-state index contributed by atoms with van der Waals surface area (Å²) < 4.78 is 44.8. The van der Waals surface area contributed by atoms with Gasteiger partial charge in [0.2, 0.25) is 5.91 Å². The monoisotopic (exact) mass is 598 g/mol. The molecule has 0 aliphatic rings. The zero-order valence-electron chi connectivity index (χ0n) is 23.5. The van der Waals surface area contributed by atoms with Gasteiger partial charge >= 0.3 is 5.97 Å². The number of nitrogens with two attached hydrogens (primary N) is 1. The fourth-order valence-electron chi connectivity index (χ4n) is 4.60. The van der Waals surface area contributed by atoms with E-state index in [0.717, 1.165) is 11.6 Å². The first-order valence-electron chi connectivity index (χ1n) is 13.7. The van der Waals surface area contributed by atoms with Crippen LogP contribution in [0.1, 0.15) is 27.9 Å². The minimum atomic E-state index is -0.971. The minimum absolute atomic E-state index is 0.0516. The van der Waals surface area contributed by atoms with Gasteiger partial charge in [0.05, 0.1) is 11.6 Å². The third-order valence-corrected chi connectivity index (χ3v) is 6.85. The second-order valence-electron chi connectivity index (χ2n) is 9.99. The number of rotatable bonds is 12. The smallest absolute Gasteiger partial charge is 0.325 e. The number of carbonyl (C=O) groups excluding carboxylic acids is 3. The molecule has 2 amide bonds. The maximum atomic E-state index is 14.1. The molecule has 10 heteroatoms. The molecule has 0 radical (unpaired) electrons. The average Bonchev–Trinajstić information content (AvgIpc) is 3.54. The highest BCUT2D eigenvalue weighted by Gasteiger charge is 2.21. The summed E-state index contributed by atoms with van der Waals surface area (Å²) in [6, 6.07) is 25.1. The predicted molar refractivity (Wildman–Crippen MR) is 158 cm³/mol. The Morgan fingerprint density at radius 1 is 0.841 bits per heavy atom. The van der Waals surface area contributed by atoms with Crippen LogP contribution < -0.4 is 10.5 Å². The van der Waals surface area contributed by atoms with Gasteiger partial charge in [0.1, 0.15) is 31.1 Å². The third kappa shape index (κ3) is 7.27. The van der Waals surface area contributed by atoms with E-state index < -0.39 is 29.4 Å². The van der Waals surface area contributed by atoms with Gasteiger partial charge in [-0.2, -0.15) is 0 Å². The van der Waals surface area contributed by atoms with Gasteiger partial charge in [-0.25, -0.2) is 8.78 Å². The Balaban J connectivity index is 1.23. The average molecular weight is 599 g/mol. The lowest BCUT2D eigenvalue weighted by molar-refractivity contribution is -0.145. The maximum Gasteiger partial charge on any atom is 0.325 e. The zero-order chi connectivity index (χ0) is 31.1. The fourth-order valence-corrected chi connectivity index (χ4v) is 4.60. The van der Waals surface area contributed by atoms with E-state index in [2.05, 4.69) is 0 Å². The molecular weight excluding hydrogens is 570 g/mol. The molecule has 0 spiro atoms. The Morgan fingerprint density at radius 3 is 2.34 bits per heavy atom. The molecule has 2 N–H and O–H groups in total. The number of amides is 2. The Kier molecular flexibility index (Phi) is 9.29. The molecule has 44 heavy (non-hydrogen) atoms. The van der Waals surface area contributed by atoms with Crippen molar-refractivity contribution in [3.8, 4) is 16.9 Å². The summed E-state index contributed by atoms with van der Waals surface area (Å²) in [4.78, 5) is 38.5. The van der Waals surface area contributed by atoms with Crippen LogP contribution in [-0.4, -0.2) is 35.8 Å². The lowest BCUT2D eigenvalue weighted by atomic mass is 10.0. The van der Waals surface area contributed by atoms with E-state index in [0.29, 0.717) is 28.0 Å². The van der Waals surface area contributed by atoms with E-state index in [1.54, 1.807) is 48.5 Å². The van der Waals surface area contributed by atoms with Crippen molar-refractivity contribution < 1.29 is 37.1 Å². The number of halogens is 2. The molecule has 0 unspecified atom stereocenters. The summed E-state index contributed by atoms with van der Waals surface area (Å²) >= 11 is 0. The predicted octanol–water partition coefficient (Wildman–Crippen LogP) is 6.02. The maximum absolute atomic E-state index is 14.1. The van der Waals surface area contributed by atoms with Gasteiger partial charge in [-0.3, -0.25) is 14.4 Å². The van der Waals surface area contributed by atoms with Crippen molar-refractivity contribution in [2.75, 3.05) is 13.1 Å². The van der Waals surface area contributed by atoms with Gasteiger partial charge in [0.15, 0.2) is 11.6 Å². The molecule has 0 aliphatic heterocycles. The van der Waals surface area contributed by atoms with Crippen LogP contribution in [0.2, 0.25) is 0 Å². The number of nitrogens with zero attached hydrogens (tertiary/aromatic N) is 1. The number of hydrogen-bond acceptors (Lipinski definition) is 6. The van der Waals surface area contributed by atoms with E-state index >= 15 is 0 Å². The first-order valence-corrected chi connectivity index (χ1v) is 13.7. The van der Waals surface area contributed by atoms with Gasteiger partial charge in [0.25, 0.3) is 5.91 Å². The molecular formula is C34H28F2N2O6. The Hall–Kier alpha value is -5.51. The summed E-state index contributed by atoms with van der Waals surface area (Å²) in [6.45, 7) is -0.230. The molecule has 1 heterocycles. The Labute approximate surface area is 251 Å². The van der Waals surface area contributed by atoms with Crippen LogP contribution in [0.3, 0.4) is 0 Å². The molecule has 1 aromatic heterocycles. The van der Waals surface area contributed by atoms with Gasteiger partial charge in [-0.05, 0) is 53.1 Å². The van der Waals surface area contributed by atoms with E-state index in [9.17, 15) is 23.2 Å². The Bertz CT molecular complexity index is 1790. The fraction of sp³-hybridized carbons (Fsp3) is 0.147. The molecule has 4 aromatic carbocycles. The van der Waals surface area contributed by atoms with Crippen LogP contribution in [-0.2, 0) is 27.5 Å². The molecule has 0 fully saturated rings. The van der Waals surface area contributed by atoms with Gasteiger partial charge in [-0.1, -0.05) is 54.6 Å². The lowest BCUT2D eigenvalue weighted by Gasteiger charge is -2.21. The second-order valence-corrected chi connectivity index (χ2v) is 9.99. The molecule has 0 aliphatic carbocycles. The van der Waals surface area contributed by atoms with E-state index in [-0.39, 0.29) is 43.7 Å². The molecule has 0 saturated carbocycles. The van der Waals surface area contributed by atoms with E-state index in [1.165, 1.54) is 17.2 Å². The molecule has 5 aromatic rings. The number of benzene rings is 4. The summed E-state index contributed by atoms with van der Waals surface area (Å²) in [5.41, 5.74) is 8.34. The highest BCUT2D eigenvalue weighted by molar-refractivity contribution is 5.96. The number of carbonyl (C=O) groups is 3. The molecule has 224 valence electrons. The zero-order valence-corrected chi connectivity index (χ0v) is 23.5. The molecule has 5 rings (SSSR count). The SMILES string of the molecule is NC(=O)CCN(CC(=O)OCc1ccccc1)C(=O)c1cccc(COc2ccc(-c3cc(F)c(F)c4ccoc34)cc2)c1. The van der Waals surface area contributed by atoms with E-state index in [1.807, 2.05) is 30.3 Å². The minimum Gasteiger partial charge on any atom is -0.489 e. The summed E-state index contributed by atoms with van der Waals surface area (Å²) in [7, 11) is 0. The Morgan fingerprint density at radius 2 is 1.59 bits per heavy atom. The van der Waals surface area contributed by atoms with Gasteiger partial charge in [0, 0.05) is 24.1 Å². The number of primary amides is 1. The van der Waals surface area contributed by atoms with Crippen LogP contribution in [0.25, 0.3) is 22.1 Å². The van der Waals surface area contributed by atoms with Crippen molar-refractivity contribution in [1.29, 1.82) is 0 Å². The molecule has 8 nitrogen and oxygen atoms in total. The van der Waals surface area contributed by atoms with Crippen molar-refractivity contribution in [3.63, 3.8) is 0 Å². The quantitative estimate of drug-likeness (QED) is 0.176. The number of esters is 1. The molecule has 0 bridgehead atoms. The van der Waals surface area contributed by atoms with Crippen LogP contribution in [0.5, 0.6) is 5.75 Å². The van der Waals surface area contributed by atoms with Crippen molar-refractivity contribution >= 4 is 28.8 Å². The van der Waals surface area contributed by atoms with Gasteiger partial charge in [-0.15, -0.1) is 0 Å². The van der Waals surface area contributed by atoms with Gasteiger partial charge < -0.3 is 24.5 Å². The highest BCUT2D eigenvalue weighted by Crippen LogP contribution is 2.33. The standard InChI is InChI=1S/C34H28F2N2O6/c35-29-18-28(33-27(32(29)36)14-16-42-33)24-9-11-26(12-10-24)43-21-23-7-4-8-25(17-23)34(41)38(15-13-30(37)39)19-31(40)44-20-22-5-2-1-3-6-22/h1-12,14,16-18H,13,15,19-21H2,(H2,37,39). The van der Waals surface area contributed by atoms with Crippen molar-refractivity contribution in [2.24, 2.45) is 5.73 Å². The van der Waals surface area contributed by atoms with Crippen molar-refractivity contribution in [1.82, 2.24) is 4.90 Å². The van der Waals surface area contributed by atoms with Crippen LogP contribution in [0.15, 0.2) is 102 Å². The topological polar surface area (TPSA) is 112 Å². The van der Waals surface area contributed by atoms with Crippen LogP contribution in [0, 0.1) is 11.6 Å². The van der Waals surface area contributed by atoms with E-state index in [4.69, 9.17) is 19.6 Å². The van der Waals surface area contributed by atoms with Crippen molar-refractivity contribution in [2.45, 2.75) is 19.6 Å². The second kappa shape index (κ2) is 13.6. The highest BCUT2D eigenvalue weighted by atomic mass is 19.2. The third-order valence-electron chi connectivity index (χ3n) is 6.85. The summed E-state index contributed by atoms with van der Waals surface area (Å²) in [5.74, 6) is -3.12.